The van der Waals surface area contributed by atoms with Gasteiger partial charge in [0.05, 0.1) is 5.71 Å². The predicted octanol–water partition coefficient (Wildman–Crippen LogP) is 5.17. The van der Waals surface area contributed by atoms with E-state index in [2.05, 4.69) is 43.9 Å². The van der Waals surface area contributed by atoms with Crippen molar-refractivity contribution in [2.45, 2.75) is 59.3 Å². The molecule has 0 aromatic carbocycles. The van der Waals surface area contributed by atoms with Crippen LogP contribution in [0.15, 0.2) is 35.5 Å². The summed E-state index contributed by atoms with van der Waals surface area (Å²) < 4.78 is 0. The Morgan fingerprint density at radius 3 is 2.00 bits per heavy atom. The van der Waals surface area contributed by atoms with Crippen LogP contribution >= 0.6 is 0 Å². The summed E-state index contributed by atoms with van der Waals surface area (Å²) in [5.74, 6) is 0. The normalized spacial score (nSPS) is 12.9. The van der Waals surface area contributed by atoms with Crippen molar-refractivity contribution < 1.29 is 0 Å². The highest BCUT2D eigenvalue weighted by Gasteiger charge is 2.28. The second-order valence-corrected chi connectivity index (χ2v) is 4.93. The van der Waals surface area contributed by atoms with Crippen molar-refractivity contribution in [3.05, 3.63) is 25.6 Å². The molecule has 0 N–H and O–H groups in total. The highest BCUT2D eigenvalue weighted by atomic mass is 14.8. The van der Waals surface area contributed by atoms with Crippen molar-refractivity contribution in [1.29, 1.82) is 0 Å². The van der Waals surface area contributed by atoms with Gasteiger partial charge in [0.2, 0.25) is 0 Å². The second-order valence-electron chi connectivity index (χ2n) is 4.93. The van der Waals surface area contributed by atoms with Crippen LogP contribution in [0.1, 0.15) is 59.3 Å². The van der Waals surface area contributed by atoms with Gasteiger partial charge in [0.25, 0.3) is 0 Å². The molecular formula is C16H28N2. The van der Waals surface area contributed by atoms with Crippen molar-refractivity contribution in [3.63, 3.8) is 0 Å². The van der Waals surface area contributed by atoms with E-state index in [0.717, 1.165) is 18.6 Å². The Bertz CT molecular complexity index is 292. The van der Waals surface area contributed by atoms with E-state index in [9.17, 15) is 0 Å². The first kappa shape index (κ1) is 16.8. The van der Waals surface area contributed by atoms with Gasteiger partial charge >= 0.3 is 0 Å². The van der Waals surface area contributed by atoms with Gasteiger partial charge < -0.3 is 0 Å². The third-order valence-electron chi connectivity index (χ3n) is 3.32. The summed E-state index contributed by atoms with van der Waals surface area (Å²) >= 11 is 0. The van der Waals surface area contributed by atoms with Crippen LogP contribution in [0.3, 0.4) is 0 Å². The lowest BCUT2D eigenvalue weighted by molar-refractivity contribution is 0.371. The second kappa shape index (κ2) is 9.81. The quantitative estimate of drug-likeness (QED) is 0.476. The molecule has 0 amide bonds. The van der Waals surface area contributed by atoms with E-state index in [1.165, 1.54) is 25.7 Å². The lowest BCUT2D eigenvalue weighted by Crippen LogP contribution is -2.29. The van der Waals surface area contributed by atoms with Gasteiger partial charge in [0, 0.05) is 24.0 Å². The molecule has 0 unspecified atom stereocenters. The molecule has 0 saturated heterocycles. The molecule has 0 atom stereocenters. The van der Waals surface area contributed by atoms with E-state index in [0.29, 0.717) is 0 Å². The summed E-state index contributed by atoms with van der Waals surface area (Å²) in [4.78, 5) is 8.56. The highest BCUT2D eigenvalue weighted by molar-refractivity contribution is 6.33. The van der Waals surface area contributed by atoms with Gasteiger partial charge in [-0.2, -0.15) is 0 Å². The number of nitrogens with zero attached hydrogens (tertiary/aromatic N) is 2. The molecule has 0 saturated carbocycles. The number of hydrogen-bond acceptors (Lipinski definition) is 2. The fraction of sp³-hybridized carbons (Fsp3) is 0.625. The lowest BCUT2D eigenvalue weighted by Gasteiger charge is -2.29. The maximum absolute atomic E-state index is 4.42. The molecule has 0 heterocycles. The standard InChI is InChI=1S/C16H28N2/c1-6-10-12-16(5,13-11-7-2)15(18-9-4)14-17-8-3/h8-9,14H,3-4,6-7,10-13H2,1-2,5H3/b17-14-,18-15+. The number of aliphatic imine (C=N–C) groups is 2. The molecule has 0 aromatic rings. The van der Waals surface area contributed by atoms with Crippen LogP contribution in [0.5, 0.6) is 0 Å². The Hall–Kier alpha value is -1.18. The summed E-state index contributed by atoms with van der Waals surface area (Å²) in [5, 5.41) is 0. The molecule has 0 spiro atoms. The van der Waals surface area contributed by atoms with Crippen LogP contribution in [0, 0.1) is 5.41 Å². The van der Waals surface area contributed by atoms with Crippen LogP contribution in [0.2, 0.25) is 0 Å². The predicted molar refractivity (Wildman–Crippen MR) is 83.5 cm³/mol. The van der Waals surface area contributed by atoms with Crippen molar-refractivity contribution in [2.75, 3.05) is 0 Å². The van der Waals surface area contributed by atoms with E-state index in [1.807, 2.05) is 6.21 Å². The third kappa shape index (κ3) is 5.95. The number of rotatable bonds is 10. The minimum Gasteiger partial charge on any atom is -0.263 e. The van der Waals surface area contributed by atoms with Gasteiger partial charge in [0.15, 0.2) is 0 Å². The molecule has 2 nitrogen and oxygen atoms in total. The topological polar surface area (TPSA) is 24.7 Å². The van der Waals surface area contributed by atoms with E-state index >= 15 is 0 Å². The molecule has 0 bridgehead atoms. The average Bonchev–Trinajstić information content (AvgIpc) is 2.38. The van der Waals surface area contributed by atoms with E-state index < -0.39 is 0 Å². The number of unbranched alkanes of at least 4 members (excludes halogenated alkanes) is 2. The van der Waals surface area contributed by atoms with Crippen molar-refractivity contribution in [3.8, 4) is 0 Å². The SMILES string of the molecule is C=C/N=C\C(=N/C=C)C(C)(CCCC)CCCC. The maximum Gasteiger partial charge on any atom is 0.0644 e. The Morgan fingerprint density at radius 1 is 1.06 bits per heavy atom. The lowest BCUT2D eigenvalue weighted by atomic mass is 9.76. The fourth-order valence-corrected chi connectivity index (χ4v) is 2.08. The smallest absolute Gasteiger partial charge is 0.0644 e. The van der Waals surface area contributed by atoms with E-state index in [4.69, 9.17) is 0 Å². The van der Waals surface area contributed by atoms with Gasteiger partial charge in [-0.25, -0.2) is 0 Å². The minimum absolute atomic E-state index is 0.104. The zero-order valence-electron chi connectivity index (χ0n) is 12.3. The Morgan fingerprint density at radius 2 is 1.61 bits per heavy atom. The molecular weight excluding hydrogens is 220 g/mol. The van der Waals surface area contributed by atoms with E-state index in [1.54, 1.807) is 12.4 Å². The first-order valence-electron chi connectivity index (χ1n) is 6.97. The molecule has 0 aliphatic carbocycles. The molecule has 0 aliphatic rings. The van der Waals surface area contributed by atoms with Crippen LogP contribution in [-0.2, 0) is 0 Å². The largest absolute Gasteiger partial charge is 0.263 e. The molecule has 0 fully saturated rings. The summed E-state index contributed by atoms with van der Waals surface area (Å²) in [7, 11) is 0. The molecule has 0 aromatic heterocycles. The van der Waals surface area contributed by atoms with Gasteiger partial charge in [-0.1, -0.05) is 59.6 Å². The summed E-state index contributed by atoms with van der Waals surface area (Å²) in [6.45, 7) is 14.1. The van der Waals surface area contributed by atoms with Gasteiger partial charge in [-0.15, -0.1) is 0 Å². The van der Waals surface area contributed by atoms with Crippen molar-refractivity contribution >= 4 is 11.9 Å². The van der Waals surface area contributed by atoms with Crippen molar-refractivity contribution in [2.24, 2.45) is 15.4 Å². The molecule has 0 aliphatic heterocycles. The van der Waals surface area contributed by atoms with Crippen molar-refractivity contribution in [1.82, 2.24) is 0 Å². The molecule has 2 heteroatoms. The van der Waals surface area contributed by atoms with E-state index in [-0.39, 0.29) is 5.41 Å². The van der Waals surface area contributed by atoms with Crippen LogP contribution in [0.25, 0.3) is 0 Å². The molecule has 0 radical (unpaired) electrons. The summed E-state index contributed by atoms with van der Waals surface area (Å²) in [6, 6.07) is 0. The molecule has 0 rings (SSSR count). The van der Waals surface area contributed by atoms with Crippen LogP contribution < -0.4 is 0 Å². The summed E-state index contributed by atoms with van der Waals surface area (Å²) in [6.07, 6.45) is 12.2. The average molecular weight is 248 g/mol. The van der Waals surface area contributed by atoms with Gasteiger partial charge in [0.1, 0.15) is 0 Å². The third-order valence-corrected chi connectivity index (χ3v) is 3.32. The van der Waals surface area contributed by atoms with Crippen LogP contribution in [0.4, 0.5) is 0 Å². The first-order chi connectivity index (χ1) is 8.64. The Balaban J connectivity index is 5.06. The monoisotopic (exact) mass is 248 g/mol. The first-order valence-corrected chi connectivity index (χ1v) is 6.97. The highest BCUT2D eigenvalue weighted by Crippen LogP contribution is 2.32. The van der Waals surface area contributed by atoms with Gasteiger partial charge in [-0.05, 0) is 12.8 Å². The maximum atomic E-state index is 4.42. The Kier molecular flexibility index (Phi) is 9.17. The fourth-order valence-electron chi connectivity index (χ4n) is 2.08. The van der Waals surface area contributed by atoms with Crippen LogP contribution in [-0.4, -0.2) is 11.9 Å². The minimum atomic E-state index is 0.104. The van der Waals surface area contributed by atoms with Gasteiger partial charge in [-0.3, -0.25) is 9.98 Å². The molecule has 18 heavy (non-hydrogen) atoms. The summed E-state index contributed by atoms with van der Waals surface area (Å²) in [5.41, 5.74) is 1.13. The Labute approximate surface area is 113 Å². The zero-order valence-corrected chi connectivity index (χ0v) is 12.3. The number of hydrogen-bond donors (Lipinski definition) is 0. The molecule has 102 valence electrons. The zero-order chi connectivity index (χ0) is 13.9.